The molecule has 0 spiro atoms. The predicted octanol–water partition coefficient (Wildman–Crippen LogP) is 0.779. The number of nitrogens with one attached hydrogen (secondary N) is 1. The molecule has 1 unspecified atom stereocenters. The number of para-hydroxylation sites is 1. The number of nitrogens with zero attached hydrogens (tertiary/aromatic N) is 1. The third kappa shape index (κ3) is 2.41. The van der Waals surface area contributed by atoms with Gasteiger partial charge in [0.1, 0.15) is 0 Å². The zero-order valence-electron chi connectivity index (χ0n) is 10.4. The summed E-state index contributed by atoms with van der Waals surface area (Å²) in [4.78, 5) is 13.9. The number of rotatable bonds is 3. The van der Waals surface area contributed by atoms with Crippen LogP contribution in [0.5, 0.6) is 11.5 Å². The van der Waals surface area contributed by atoms with Crippen molar-refractivity contribution in [2.75, 3.05) is 26.7 Å². The van der Waals surface area contributed by atoms with Crippen LogP contribution >= 0.6 is 0 Å². The molecule has 1 aliphatic rings. The summed E-state index contributed by atoms with van der Waals surface area (Å²) in [7, 11) is 1.89. The van der Waals surface area contributed by atoms with Gasteiger partial charge in [-0.25, -0.2) is 0 Å². The minimum atomic E-state index is -0.334. The van der Waals surface area contributed by atoms with E-state index in [1.54, 1.807) is 11.0 Å². The van der Waals surface area contributed by atoms with Crippen molar-refractivity contribution < 1.29 is 15.0 Å². The number of likely N-dealkylation sites (tertiary alicyclic amines) is 1. The quantitative estimate of drug-likeness (QED) is 0.693. The minimum Gasteiger partial charge on any atom is -0.504 e. The highest BCUT2D eigenvalue weighted by atomic mass is 16.3. The van der Waals surface area contributed by atoms with Gasteiger partial charge >= 0.3 is 0 Å². The molecule has 0 aliphatic carbocycles. The average Bonchev–Trinajstić information content (AvgIpc) is 2.81. The number of amides is 1. The molecule has 0 aromatic heterocycles. The Labute approximate surface area is 106 Å². The summed E-state index contributed by atoms with van der Waals surface area (Å²) in [6, 6.07) is 4.45. The van der Waals surface area contributed by atoms with Crippen molar-refractivity contribution in [3.8, 4) is 11.5 Å². The molecule has 5 nitrogen and oxygen atoms in total. The highest BCUT2D eigenvalue weighted by Gasteiger charge is 2.28. The fourth-order valence-electron chi connectivity index (χ4n) is 2.35. The molecule has 5 heteroatoms. The van der Waals surface area contributed by atoms with Gasteiger partial charge in [-0.2, -0.15) is 0 Å². The second-order valence-corrected chi connectivity index (χ2v) is 4.64. The molecule has 1 atom stereocenters. The predicted molar refractivity (Wildman–Crippen MR) is 67.7 cm³/mol. The lowest BCUT2D eigenvalue weighted by atomic mass is 10.1. The first kappa shape index (κ1) is 12.7. The summed E-state index contributed by atoms with van der Waals surface area (Å²) in [5, 5.41) is 22.2. The molecule has 1 heterocycles. The molecule has 1 aliphatic heterocycles. The second kappa shape index (κ2) is 5.27. The van der Waals surface area contributed by atoms with Gasteiger partial charge in [-0.3, -0.25) is 4.79 Å². The Balaban J connectivity index is 2.11. The molecule has 1 aromatic rings. The summed E-state index contributed by atoms with van der Waals surface area (Å²) >= 11 is 0. The maximum Gasteiger partial charge on any atom is 0.257 e. The molecule has 3 N–H and O–H groups in total. The second-order valence-electron chi connectivity index (χ2n) is 4.64. The van der Waals surface area contributed by atoms with E-state index >= 15 is 0 Å². The Hall–Kier alpha value is -1.75. The Morgan fingerprint density at radius 2 is 2.28 bits per heavy atom. The fourth-order valence-corrected chi connectivity index (χ4v) is 2.35. The van der Waals surface area contributed by atoms with Crippen LogP contribution in [0.15, 0.2) is 18.2 Å². The Bertz CT molecular complexity index is 448. The largest absolute Gasteiger partial charge is 0.504 e. The number of phenols is 2. The molecule has 0 saturated carbocycles. The highest BCUT2D eigenvalue weighted by Crippen LogP contribution is 2.30. The third-order valence-corrected chi connectivity index (χ3v) is 3.31. The van der Waals surface area contributed by atoms with Gasteiger partial charge in [-0.1, -0.05) is 6.07 Å². The number of hydrogen-bond donors (Lipinski definition) is 3. The standard InChI is InChI=1S/C13H18N2O3/c1-14-7-9-5-6-15(8-9)13(18)10-3-2-4-11(16)12(10)17/h2-4,9,14,16-17H,5-8H2,1H3. The van der Waals surface area contributed by atoms with Crippen LogP contribution in [-0.2, 0) is 0 Å². The molecule has 98 valence electrons. The van der Waals surface area contributed by atoms with Crippen LogP contribution in [0.3, 0.4) is 0 Å². The summed E-state index contributed by atoms with van der Waals surface area (Å²) in [6.45, 7) is 2.27. The van der Waals surface area contributed by atoms with Crippen LogP contribution in [0.2, 0.25) is 0 Å². The van der Waals surface area contributed by atoms with Gasteiger partial charge in [0.15, 0.2) is 11.5 Å². The van der Waals surface area contributed by atoms with Gasteiger partial charge in [0.05, 0.1) is 5.56 Å². The zero-order valence-corrected chi connectivity index (χ0v) is 10.4. The lowest BCUT2D eigenvalue weighted by Crippen LogP contribution is -2.30. The molecule has 0 radical (unpaired) electrons. The zero-order chi connectivity index (χ0) is 13.1. The number of carbonyl (C=O) groups is 1. The van der Waals surface area contributed by atoms with Crippen molar-refractivity contribution in [2.24, 2.45) is 5.92 Å². The Kier molecular flexibility index (Phi) is 3.72. The van der Waals surface area contributed by atoms with Crippen LogP contribution in [0.1, 0.15) is 16.8 Å². The van der Waals surface area contributed by atoms with Crippen LogP contribution < -0.4 is 5.32 Å². The number of carbonyl (C=O) groups excluding carboxylic acids is 1. The molecule has 1 aromatic carbocycles. The normalized spacial score (nSPS) is 19.2. The molecule has 0 bridgehead atoms. The number of benzene rings is 1. The molecule has 18 heavy (non-hydrogen) atoms. The van der Waals surface area contributed by atoms with E-state index in [1.807, 2.05) is 7.05 Å². The van der Waals surface area contributed by atoms with E-state index < -0.39 is 0 Å². The van der Waals surface area contributed by atoms with E-state index in [0.717, 1.165) is 13.0 Å². The molecular formula is C13H18N2O3. The van der Waals surface area contributed by atoms with Crippen LogP contribution in [0.25, 0.3) is 0 Å². The van der Waals surface area contributed by atoms with E-state index in [4.69, 9.17) is 0 Å². The SMILES string of the molecule is CNCC1CCN(C(=O)c2cccc(O)c2O)C1. The van der Waals surface area contributed by atoms with Crippen molar-refractivity contribution in [3.63, 3.8) is 0 Å². The molecule has 1 fully saturated rings. The first-order chi connectivity index (χ1) is 8.63. The lowest BCUT2D eigenvalue weighted by Gasteiger charge is -2.17. The van der Waals surface area contributed by atoms with Crippen molar-refractivity contribution >= 4 is 5.91 Å². The van der Waals surface area contributed by atoms with Crippen molar-refractivity contribution in [3.05, 3.63) is 23.8 Å². The smallest absolute Gasteiger partial charge is 0.257 e. The number of phenolic OH excluding ortho intramolecular Hbond substituents is 2. The Morgan fingerprint density at radius 1 is 1.50 bits per heavy atom. The van der Waals surface area contributed by atoms with E-state index in [9.17, 15) is 15.0 Å². The van der Waals surface area contributed by atoms with Gasteiger partial charge in [0.2, 0.25) is 0 Å². The molecule has 2 rings (SSSR count). The van der Waals surface area contributed by atoms with Gasteiger partial charge in [-0.15, -0.1) is 0 Å². The van der Waals surface area contributed by atoms with E-state index in [-0.39, 0.29) is 23.0 Å². The molecule has 1 amide bonds. The fraction of sp³-hybridized carbons (Fsp3) is 0.462. The van der Waals surface area contributed by atoms with E-state index in [0.29, 0.717) is 19.0 Å². The number of hydrogen-bond acceptors (Lipinski definition) is 4. The molecular weight excluding hydrogens is 232 g/mol. The van der Waals surface area contributed by atoms with Gasteiger partial charge in [-0.05, 0) is 38.1 Å². The number of aromatic hydroxyl groups is 2. The monoisotopic (exact) mass is 250 g/mol. The summed E-state index contributed by atoms with van der Waals surface area (Å²) in [6.07, 6.45) is 0.964. The van der Waals surface area contributed by atoms with Crippen LogP contribution in [0, 0.1) is 5.92 Å². The van der Waals surface area contributed by atoms with Crippen molar-refractivity contribution in [1.29, 1.82) is 0 Å². The first-order valence-electron chi connectivity index (χ1n) is 6.08. The van der Waals surface area contributed by atoms with Gasteiger partial charge in [0, 0.05) is 13.1 Å². The Morgan fingerprint density at radius 3 is 3.00 bits per heavy atom. The lowest BCUT2D eigenvalue weighted by molar-refractivity contribution is 0.0783. The van der Waals surface area contributed by atoms with Crippen LogP contribution in [-0.4, -0.2) is 47.7 Å². The van der Waals surface area contributed by atoms with Gasteiger partial charge in [0.25, 0.3) is 5.91 Å². The molecule has 1 saturated heterocycles. The van der Waals surface area contributed by atoms with E-state index in [2.05, 4.69) is 5.32 Å². The topological polar surface area (TPSA) is 72.8 Å². The summed E-state index contributed by atoms with van der Waals surface area (Å²) < 4.78 is 0. The van der Waals surface area contributed by atoms with Gasteiger partial charge < -0.3 is 20.4 Å². The van der Waals surface area contributed by atoms with Crippen molar-refractivity contribution in [2.45, 2.75) is 6.42 Å². The maximum absolute atomic E-state index is 12.2. The maximum atomic E-state index is 12.2. The first-order valence-corrected chi connectivity index (χ1v) is 6.08. The highest BCUT2D eigenvalue weighted by molar-refractivity contribution is 5.97. The van der Waals surface area contributed by atoms with E-state index in [1.165, 1.54) is 12.1 Å². The minimum absolute atomic E-state index is 0.167. The third-order valence-electron chi connectivity index (χ3n) is 3.31. The van der Waals surface area contributed by atoms with Crippen molar-refractivity contribution in [1.82, 2.24) is 10.2 Å². The van der Waals surface area contributed by atoms with Crippen LogP contribution in [0.4, 0.5) is 0 Å². The average molecular weight is 250 g/mol. The summed E-state index contributed by atoms with van der Waals surface area (Å²) in [5.41, 5.74) is 0.167. The summed E-state index contributed by atoms with van der Waals surface area (Å²) in [5.74, 6) is -0.355.